The molecule has 8 nitrogen and oxygen atoms in total. The van der Waals surface area contributed by atoms with Gasteiger partial charge in [-0.15, -0.1) is 11.6 Å². The van der Waals surface area contributed by atoms with Crippen molar-refractivity contribution in [3.05, 3.63) is 60.5 Å². The highest BCUT2D eigenvalue weighted by atomic mass is 35.5. The van der Waals surface area contributed by atoms with Gasteiger partial charge in [0.2, 0.25) is 11.9 Å². The fourth-order valence-electron chi connectivity index (χ4n) is 2.47. The number of methoxy groups -OCH3 is 1. The van der Waals surface area contributed by atoms with Gasteiger partial charge in [-0.25, -0.2) is 9.37 Å². The predicted octanol–water partition coefficient (Wildman–Crippen LogP) is 4.70. The zero-order chi connectivity index (χ0) is 28.8. The van der Waals surface area contributed by atoms with Crippen LogP contribution in [0.15, 0.2) is 54.7 Å². The van der Waals surface area contributed by atoms with Crippen molar-refractivity contribution in [2.45, 2.75) is 6.42 Å². The van der Waals surface area contributed by atoms with Crippen LogP contribution in [0.5, 0.6) is 5.75 Å². The van der Waals surface area contributed by atoms with E-state index in [-0.39, 0.29) is 35.7 Å². The van der Waals surface area contributed by atoms with E-state index in [2.05, 4.69) is 30.7 Å². The summed E-state index contributed by atoms with van der Waals surface area (Å²) in [5.74, 6) is -1.09. The van der Waals surface area contributed by atoms with Gasteiger partial charge in [0.1, 0.15) is 12.3 Å². The van der Waals surface area contributed by atoms with Crippen molar-refractivity contribution in [3.63, 3.8) is 0 Å². The van der Waals surface area contributed by atoms with Crippen molar-refractivity contribution in [1.29, 1.82) is 0 Å². The summed E-state index contributed by atoms with van der Waals surface area (Å²) in [6.07, 6.45) is 1.09. The average Bonchev–Trinajstić information content (AvgIpc) is 2.81. The molecule has 0 spiro atoms. The third-order valence-corrected chi connectivity index (χ3v) is 4.04. The van der Waals surface area contributed by atoms with Crippen molar-refractivity contribution in [3.8, 4) is 5.75 Å². The van der Waals surface area contributed by atoms with E-state index < -0.39 is 26.0 Å². The highest BCUT2D eigenvalue weighted by Gasteiger charge is 2.09. The van der Waals surface area contributed by atoms with Crippen molar-refractivity contribution in [1.82, 2.24) is 9.97 Å². The maximum atomic E-state index is 14.4. The maximum absolute atomic E-state index is 14.4. The molecular weight excluding hydrogens is 437 g/mol. The first-order chi connectivity index (χ1) is 18.2. The molecule has 10 heteroatoms. The molecule has 0 atom stereocenters. The van der Waals surface area contributed by atoms with Gasteiger partial charge in [0, 0.05) is 36.4 Å². The zero-order valence-electron chi connectivity index (χ0n) is 23.5. The molecule has 3 N–H and O–H groups in total. The summed E-state index contributed by atoms with van der Waals surface area (Å²) >= 11 is 5.57. The molecule has 168 valence electrons. The van der Waals surface area contributed by atoms with Gasteiger partial charge in [-0.1, -0.05) is 6.07 Å². The molecule has 1 amide bonds. The van der Waals surface area contributed by atoms with E-state index in [0.29, 0.717) is 17.1 Å². The number of anilines is 5. The number of nitrogens with one attached hydrogen (secondary N) is 3. The molecule has 0 fully saturated rings. The van der Waals surface area contributed by atoms with Crippen LogP contribution in [-0.2, 0) is 9.53 Å². The second kappa shape index (κ2) is 11.8. The van der Waals surface area contributed by atoms with Crippen LogP contribution < -0.4 is 20.7 Å². The van der Waals surface area contributed by atoms with Crippen molar-refractivity contribution in [2.75, 3.05) is 42.0 Å². The number of hydrogen-bond donors (Lipinski definition) is 3. The summed E-state index contributed by atoms with van der Waals surface area (Å²) in [7, 11) is -3.18. The predicted molar refractivity (Wildman–Crippen MR) is 123 cm³/mol. The van der Waals surface area contributed by atoms with Gasteiger partial charge < -0.3 is 25.4 Å². The highest BCUT2D eigenvalue weighted by molar-refractivity contribution is 6.19. The molecule has 0 aliphatic heterocycles. The minimum absolute atomic E-state index is 0.0110. The molecule has 1 heterocycles. The number of rotatable bonds is 11. The van der Waals surface area contributed by atoms with Gasteiger partial charge in [-0.3, -0.25) is 4.79 Å². The molecule has 0 saturated carbocycles. The van der Waals surface area contributed by atoms with Crippen LogP contribution in [0.25, 0.3) is 0 Å². The van der Waals surface area contributed by atoms with Gasteiger partial charge in [0.05, 0.1) is 22.4 Å². The number of carbonyl (C=O) groups excluding carboxylic acids is 1. The van der Waals surface area contributed by atoms with E-state index in [0.717, 1.165) is 6.20 Å². The number of halogens is 2. The first kappa shape index (κ1) is 15.4. The van der Waals surface area contributed by atoms with Crippen molar-refractivity contribution >= 4 is 46.3 Å². The Hall–Kier alpha value is -3.43. The van der Waals surface area contributed by atoms with Crippen LogP contribution in [0.1, 0.15) is 16.0 Å². The zero-order valence-corrected chi connectivity index (χ0v) is 17.2. The van der Waals surface area contributed by atoms with E-state index in [1.54, 1.807) is 24.3 Å². The molecule has 2 aromatic carbocycles. The van der Waals surface area contributed by atoms with Crippen LogP contribution in [0.4, 0.5) is 33.2 Å². The number of amides is 1. The Labute approximate surface area is 200 Å². The Morgan fingerprint density at radius 2 is 1.97 bits per heavy atom. The Kier molecular flexibility index (Phi) is 5.69. The molecule has 32 heavy (non-hydrogen) atoms. The smallest absolute Gasteiger partial charge is 0.229 e. The Morgan fingerprint density at radius 1 is 1.16 bits per heavy atom. The number of benzene rings is 2. The van der Waals surface area contributed by atoms with E-state index >= 15 is 0 Å². The van der Waals surface area contributed by atoms with Gasteiger partial charge in [0.15, 0.2) is 11.6 Å². The summed E-state index contributed by atoms with van der Waals surface area (Å²) in [6, 6.07) is 12.0. The number of hydrogen-bond acceptors (Lipinski definition) is 7. The molecule has 0 radical (unpaired) electrons. The van der Waals surface area contributed by atoms with Crippen LogP contribution in [0.2, 0.25) is 0 Å². The molecule has 3 rings (SSSR count). The average molecular weight is 467 g/mol. The lowest BCUT2D eigenvalue weighted by Gasteiger charge is -2.11. The Morgan fingerprint density at radius 3 is 2.75 bits per heavy atom. The van der Waals surface area contributed by atoms with E-state index in [1.165, 1.54) is 24.3 Å². The highest BCUT2D eigenvalue weighted by Crippen LogP contribution is 2.23. The molecule has 0 unspecified atom stereocenters. The molecular formula is C22H23ClFN5O3. The van der Waals surface area contributed by atoms with E-state index in [4.69, 9.17) is 25.9 Å². The fraction of sp³-hybridized carbons (Fsp3) is 0.227. The largest absolute Gasteiger partial charge is 0.491 e. The van der Waals surface area contributed by atoms with Crippen LogP contribution in [0, 0.1) is 5.82 Å². The van der Waals surface area contributed by atoms with Crippen LogP contribution in [-0.4, -0.2) is 41.9 Å². The minimum Gasteiger partial charge on any atom is -0.491 e. The minimum atomic E-state index is -3.28. The first-order valence-corrected chi connectivity index (χ1v) is 9.73. The number of aromatic nitrogens is 2. The third-order valence-electron chi connectivity index (χ3n) is 3.85. The number of ether oxygens (including phenoxy) is 2. The summed E-state index contributed by atoms with van der Waals surface area (Å²) in [5.41, 5.74) is 1.32. The van der Waals surface area contributed by atoms with Crippen LogP contribution >= 0.6 is 11.6 Å². The molecule has 1 aromatic heterocycles. The van der Waals surface area contributed by atoms with Crippen molar-refractivity contribution in [2.24, 2.45) is 0 Å². The molecule has 0 aliphatic rings. The van der Waals surface area contributed by atoms with E-state index in [9.17, 15) is 9.18 Å². The summed E-state index contributed by atoms with van der Waals surface area (Å²) < 4.78 is 75.3. The lowest BCUT2D eigenvalue weighted by atomic mass is 10.2. The SMILES string of the molecule is [2H]C([2H])([2H])OC([2H])([2H])C([2H])([2H])Oc1ccc(Nc2ncc(F)c(Nc3cccc(NC(=O)CCCl)c3)n2)cc1. The van der Waals surface area contributed by atoms with Crippen LogP contribution in [0.3, 0.4) is 0 Å². The monoisotopic (exact) mass is 466 g/mol. The van der Waals surface area contributed by atoms with Crippen molar-refractivity contribution < 1.29 is 28.3 Å². The quantitative estimate of drug-likeness (QED) is 0.352. The second-order valence-electron chi connectivity index (χ2n) is 6.14. The molecule has 0 saturated heterocycles. The Bertz CT molecular complexity index is 1300. The Balaban J connectivity index is 1.68. The topological polar surface area (TPSA) is 97.4 Å². The summed E-state index contributed by atoms with van der Waals surface area (Å²) in [6.45, 7) is -6.42. The number of alkyl halides is 1. The fourth-order valence-corrected chi connectivity index (χ4v) is 2.64. The van der Waals surface area contributed by atoms with Gasteiger partial charge >= 0.3 is 0 Å². The number of nitrogens with zero attached hydrogens (tertiary/aromatic N) is 2. The van der Waals surface area contributed by atoms with Gasteiger partial charge in [0.25, 0.3) is 0 Å². The first-order valence-electron chi connectivity index (χ1n) is 12.7. The summed E-state index contributed by atoms with van der Waals surface area (Å²) in [4.78, 5) is 19.8. The van der Waals surface area contributed by atoms with Gasteiger partial charge in [-0.2, -0.15) is 4.98 Å². The summed E-state index contributed by atoms with van der Waals surface area (Å²) in [5, 5.41) is 8.33. The molecule has 0 aliphatic carbocycles. The normalized spacial score (nSPS) is 15.0. The second-order valence-corrected chi connectivity index (χ2v) is 6.52. The standard InChI is InChI=1S/C22H23ClFN5O3/c1-31-11-12-32-18-7-5-15(6-8-18)28-22-25-14-19(24)21(29-22)27-17-4-2-3-16(13-17)26-20(30)9-10-23/h2-8,13-14H,9-12H2,1H3,(H,26,30)(H2,25,27,28,29)/i1D3,11D2,12D2. The maximum Gasteiger partial charge on any atom is 0.229 e. The lowest BCUT2D eigenvalue weighted by molar-refractivity contribution is -0.115. The molecule has 3 aromatic rings. The lowest BCUT2D eigenvalue weighted by Crippen LogP contribution is -2.11. The van der Waals surface area contributed by atoms with Gasteiger partial charge in [-0.05, 0) is 42.5 Å². The third kappa shape index (κ3) is 7.07. The van der Waals surface area contributed by atoms with E-state index in [1.807, 2.05) is 0 Å². The molecule has 0 bridgehead atoms. The number of carbonyl (C=O) groups is 1.